The fraction of sp³-hybridized carbons (Fsp3) is 0.625. The van der Waals surface area contributed by atoms with Crippen LogP contribution >= 0.6 is 0 Å². The third-order valence-electron chi connectivity index (χ3n) is 3.59. The van der Waals surface area contributed by atoms with Gasteiger partial charge in [-0.15, -0.1) is 0 Å². The Balaban J connectivity index is 2.73. The van der Waals surface area contributed by atoms with Gasteiger partial charge in [-0.1, -0.05) is 39.8 Å². The van der Waals surface area contributed by atoms with Crippen molar-refractivity contribution in [3.8, 4) is 0 Å². The van der Waals surface area contributed by atoms with Gasteiger partial charge in [-0.2, -0.15) is 0 Å². The van der Waals surface area contributed by atoms with E-state index < -0.39 is 9.84 Å². The summed E-state index contributed by atoms with van der Waals surface area (Å²) in [6, 6.07) is 7.36. The Hall–Kier alpha value is -0.870. The van der Waals surface area contributed by atoms with Crippen molar-refractivity contribution < 1.29 is 8.42 Å². The summed E-state index contributed by atoms with van der Waals surface area (Å²) >= 11 is 0. The Labute approximate surface area is 123 Å². The quantitative estimate of drug-likeness (QED) is 0.876. The highest BCUT2D eigenvalue weighted by atomic mass is 32.2. The van der Waals surface area contributed by atoms with E-state index >= 15 is 0 Å². The number of hydrogen-bond acceptors (Lipinski definition) is 3. The second kappa shape index (κ2) is 6.72. The van der Waals surface area contributed by atoms with Gasteiger partial charge in [0.1, 0.15) is 0 Å². The number of rotatable bonds is 6. The molecule has 0 saturated carbocycles. The van der Waals surface area contributed by atoms with Gasteiger partial charge in [0.25, 0.3) is 0 Å². The molecule has 1 unspecified atom stereocenters. The third-order valence-corrected chi connectivity index (χ3v) is 5.41. The highest BCUT2D eigenvalue weighted by Gasteiger charge is 2.17. The fourth-order valence-electron chi connectivity index (χ4n) is 2.02. The van der Waals surface area contributed by atoms with Crippen LogP contribution in [0.15, 0.2) is 29.2 Å². The van der Waals surface area contributed by atoms with E-state index in [0.29, 0.717) is 11.3 Å². The van der Waals surface area contributed by atoms with Gasteiger partial charge in [-0.3, -0.25) is 0 Å². The normalized spacial score (nSPS) is 14.2. The highest BCUT2D eigenvalue weighted by Crippen LogP contribution is 2.24. The molecule has 0 bridgehead atoms. The van der Waals surface area contributed by atoms with Crippen molar-refractivity contribution in [2.75, 3.05) is 5.75 Å². The minimum atomic E-state index is -3.18. The van der Waals surface area contributed by atoms with Crippen LogP contribution in [-0.4, -0.2) is 20.2 Å². The second-order valence-corrected chi connectivity index (χ2v) is 8.51. The van der Waals surface area contributed by atoms with Crippen LogP contribution in [0.5, 0.6) is 0 Å². The van der Waals surface area contributed by atoms with E-state index in [1.807, 2.05) is 19.1 Å². The summed E-state index contributed by atoms with van der Waals surface area (Å²) in [7, 11) is -3.18. The Kier molecular flexibility index (Phi) is 5.78. The maximum atomic E-state index is 12.2. The largest absolute Gasteiger partial charge is 0.328 e. The molecular formula is C16H27NO2S. The number of nitrogens with two attached hydrogens (primary N) is 1. The fourth-order valence-corrected chi connectivity index (χ4v) is 3.35. The molecule has 1 rings (SSSR count). The lowest BCUT2D eigenvalue weighted by molar-refractivity contribution is 0.567. The van der Waals surface area contributed by atoms with Crippen molar-refractivity contribution >= 4 is 9.84 Å². The molecule has 0 amide bonds. The Morgan fingerprint density at radius 3 is 2.15 bits per heavy atom. The maximum absolute atomic E-state index is 12.2. The standard InChI is InChI=1S/C16H27NO2S/c1-5-14(17)7-6-12-20(18,19)15-10-8-13(9-11-15)16(2,3)4/h8-11,14H,5-7,12,17H2,1-4H3. The van der Waals surface area contributed by atoms with Gasteiger partial charge >= 0.3 is 0 Å². The molecule has 0 aromatic heterocycles. The first kappa shape index (κ1) is 17.2. The van der Waals surface area contributed by atoms with Crippen molar-refractivity contribution in [1.29, 1.82) is 0 Å². The first-order valence-corrected chi connectivity index (χ1v) is 8.91. The van der Waals surface area contributed by atoms with Crippen molar-refractivity contribution in [3.05, 3.63) is 29.8 Å². The molecule has 0 fully saturated rings. The molecule has 114 valence electrons. The minimum absolute atomic E-state index is 0.0379. The molecule has 0 saturated heterocycles. The van der Waals surface area contributed by atoms with Crippen LogP contribution in [0.4, 0.5) is 0 Å². The lowest BCUT2D eigenvalue weighted by atomic mass is 9.87. The maximum Gasteiger partial charge on any atom is 0.178 e. The molecule has 0 aliphatic carbocycles. The van der Waals surface area contributed by atoms with Gasteiger partial charge in [0, 0.05) is 6.04 Å². The number of benzene rings is 1. The van der Waals surface area contributed by atoms with Crippen LogP contribution in [0, 0.1) is 0 Å². The van der Waals surface area contributed by atoms with Crippen molar-refractivity contribution in [2.45, 2.75) is 63.3 Å². The van der Waals surface area contributed by atoms with Gasteiger partial charge in [-0.05, 0) is 42.4 Å². The number of hydrogen-bond donors (Lipinski definition) is 1. The predicted molar refractivity (Wildman–Crippen MR) is 84.7 cm³/mol. The Morgan fingerprint density at radius 2 is 1.70 bits per heavy atom. The molecule has 0 radical (unpaired) electrons. The summed E-state index contributed by atoms with van der Waals surface area (Å²) in [5.74, 6) is 0.176. The summed E-state index contributed by atoms with van der Waals surface area (Å²) in [5, 5.41) is 0. The van der Waals surface area contributed by atoms with Crippen molar-refractivity contribution in [2.24, 2.45) is 5.73 Å². The number of sulfone groups is 1. The first-order valence-electron chi connectivity index (χ1n) is 7.25. The average Bonchev–Trinajstić information content (AvgIpc) is 2.37. The Bertz CT molecular complexity index is 512. The van der Waals surface area contributed by atoms with E-state index in [1.54, 1.807) is 12.1 Å². The summed E-state index contributed by atoms with van der Waals surface area (Å²) < 4.78 is 24.4. The van der Waals surface area contributed by atoms with Crippen LogP contribution in [0.3, 0.4) is 0 Å². The topological polar surface area (TPSA) is 60.2 Å². The van der Waals surface area contributed by atoms with E-state index in [9.17, 15) is 8.42 Å². The summed E-state index contributed by atoms with van der Waals surface area (Å²) in [5.41, 5.74) is 6.99. The van der Waals surface area contributed by atoms with Crippen LogP contribution < -0.4 is 5.73 Å². The molecule has 3 nitrogen and oxygen atoms in total. The van der Waals surface area contributed by atoms with Crippen LogP contribution in [0.2, 0.25) is 0 Å². The minimum Gasteiger partial charge on any atom is -0.328 e. The van der Waals surface area contributed by atoms with Gasteiger partial charge in [-0.25, -0.2) is 8.42 Å². The van der Waals surface area contributed by atoms with Gasteiger partial charge in [0.2, 0.25) is 0 Å². The molecule has 1 aromatic carbocycles. The summed E-state index contributed by atoms with van der Waals surface area (Å²) in [6.45, 7) is 8.36. The molecule has 0 aliphatic heterocycles. The van der Waals surface area contributed by atoms with Gasteiger partial charge < -0.3 is 5.73 Å². The molecule has 0 aliphatic rings. The van der Waals surface area contributed by atoms with E-state index in [0.717, 1.165) is 18.4 Å². The van der Waals surface area contributed by atoms with E-state index in [-0.39, 0.29) is 17.2 Å². The lowest BCUT2D eigenvalue weighted by Gasteiger charge is -2.19. The lowest BCUT2D eigenvalue weighted by Crippen LogP contribution is -2.20. The van der Waals surface area contributed by atoms with Crippen LogP contribution in [0.25, 0.3) is 0 Å². The third kappa shape index (κ3) is 4.91. The molecule has 1 atom stereocenters. The zero-order valence-electron chi connectivity index (χ0n) is 13.0. The molecule has 20 heavy (non-hydrogen) atoms. The smallest absolute Gasteiger partial charge is 0.178 e. The molecule has 0 spiro atoms. The molecular weight excluding hydrogens is 270 g/mol. The summed E-state index contributed by atoms with van der Waals surface area (Å²) in [6.07, 6.45) is 2.27. The Morgan fingerprint density at radius 1 is 1.15 bits per heavy atom. The molecule has 0 heterocycles. The van der Waals surface area contributed by atoms with Crippen molar-refractivity contribution in [3.63, 3.8) is 0 Å². The van der Waals surface area contributed by atoms with E-state index in [1.165, 1.54) is 0 Å². The van der Waals surface area contributed by atoms with Crippen LogP contribution in [-0.2, 0) is 15.3 Å². The zero-order chi connectivity index (χ0) is 15.4. The second-order valence-electron chi connectivity index (χ2n) is 6.40. The van der Waals surface area contributed by atoms with E-state index in [2.05, 4.69) is 20.8 Å². The molecule has 2 N–H and O–H groups in total. The molecule has 4 heteroatoms. The highest BCUT2D eigenvalue weighted by molar-refractivity contribution is 7.91. The van der Waals surface area contributed by atoms with Gasteiger partial charge in [0.05, 0.1) is 10.6 Å². The van der Waals surface area contributed by atoms with E-state index in [4.69, 9.17) is 5.73 Å². The monoisotopic (exact) mass is 297 g/mol. The predicted octanol–water partition coefficient (Wildman–Crippen LogP) is 3.28. The zero-order valence-corrected chi connectivity index (χ0v) is 13.8. The summed E-state index contributed by atoms with van der Waals surface area (Å²) in [4.78, 5) is 0.413. The average molecular weight is 297 g/mol. The van der Waals surface area contributed by atoms with Gasteiger partial charge in [0.15, 0.2) is 9.84 Å². The first-order chi connectivity index (χ1) is 9.16. The SMILES string of the molecule is CCC(N)CCCS(=O)(=O)c1ccc(C(C)(C)C)cc1. The van der Waals surface area contributed by atoms with Crippen LogP contribution in [0.1, 0.15) is 52.5 Å². The molecule has 1 aromatic rings. The van der Waals surface area contributed by atoms with Crippen molar-refractivity contribution in [1.82, 2.24) is 0 Å².